The van der Waals surface area contributed by atoms with E-state index in [-0.39, 0.29) is 0 Å². The molecule has 3 nitrogen and oxygen atoms in total. The predicted octanol–water partition coefficient (Wildman–Crippen LogP) is 5.10. The van der Waals surface area contributed by atoms with Crippen molar-refractivity contribution in [3.63, 3.8) is 0 Å². The molecule has 2 rings (SSSR count). The van der Waals surface area contributed by atoms with E-state index in [1.165, 1.54) is 18.9 Å². The van der Waals surface area contributed by atoms with Gasteiger partial charge in [0, 0.05) is 0 Å². The largest absolute Gasteiger partial charge is 0.343 e. The standard InChI is InChI=1S/C22H28F2O3/c1-2-3-4-5-6-7-8-19(22(25,26)27)17-11-9-16(10-12-17)18-13-14-20(23)21(24)15-18/h9-15,19,25-27H,2-8H2,1H3. The molecule has 0 saturated carbocycles. The monoisotopic (exact) mass is 378 g/mol. The number of halogens is 2. The molecule has 0 aliphatic carbocycles. The lowest BCUT2D eigenvalue weighted by molar-refractivity contribution is -0.326. The Bertz CT molecular complexity index is 708. The number of rotatable bonds is 10. The summed E-state index contributed by atoms with van der Waals surface area (Å²) in [6, 6.07) is 10.4. The third-order valence-corrected chi connectivity index (χ3v) is 4.88. The molecule has 27 heavy (non-hydrogen) atoms. The van der Waals surface area contributed by atoms with E-state index in [4.69, 9.17) is 0 Å². The van der Waals surface area contributed by atoms with Crippen molar-refractivity contribution >= 4 is 0 Å². The number of aliphatic hydroxyl groups is 3. The molecule has 3 N–H and O–H groups in total. The van der Waals surface area contributed by atoms with Gasteiger partial charge in [0.2, 0.25) is 0 Å². The Hall–Kier alpha value is -1.82. The lowest BCUT2D eigenvalue weighted by Gasteiger charge is -2.26. The van der Waals surface area contributed by atoms with Crippen LogP contribution in [0.2, 0.25) is 0 Å². The molecule has 0 amide bonds. The molecule has 2 aromatic carbocycles. The molecule has 1 atom stereocenters. The highest BCUT2D eigenvalue weighted by Crippen LogP contribution is 2.32. The molecule has 0 radical (unpaired) electrons. The summed E-state index contributed by atoms with van der Waals surface area (Å²) in [4.78, 5) is 0. The molecule has 148 valence electrons. The molecule has 0 saturated heterocycles. The number of unbranched alkanes of at least 4 members (excludes halogenated alkanes) is 5. The third kappa shape index (κ3) is 6.38. The Kier molecular flexibility index (Phi) is 7.90. The molecule has 0 aliphatic heterocycles. The molecule has 5 heteroatoms. The van der Waals surface area contributed by atoms with Crippen molar-refractivity contribution in [3.05, 3.63) is 59.7 Å². The summed E-state index contributed by atoms with van der Waals surface area (Å²) in [5.41, 5.74) is 1.79. The van der Waals surface area contributed by atoms with Crippen molar-refractivity contribution in [1.82, 2.24) is 0 Å². The fourth-order valence-electron chi connectivity index (χ4n) is 3.30. The maximum Gasteiger partial charge on any atom is 0.282 e. The molecule has 2 aromatic rings. The molecular weight excluding hydrogens is 350 g/mol. The molecule has 0 heterocycles. The van der Waals surface area contributed by atoms with E-state index < -0.39 is 23.5 Å². The minimum Gasteiger partial charge on any atom is -0.343 e. The zero-order valence-corrected chi connectivity index (χ0v) is 15.7. The summed E-state index contributed by atoms with van der Waals surface area (Å²) in [6.45, 7) is 2.15. The first-order valence-electron chi connectivity index (χ1n) is 9.55. The van der Waals surface area contributed by atoms with E-state index in [1.807, 2.05) is 0 Å². The molecule has 0 spiro atoms. The fourth-order valence-corrected chi connectivity index (χ4v) is 3.30. The van der Waals surface area contributed by atoms with Gasteiger partial charge in [0.05, 0.1) is 5.92 Å². The van der Waals surface area contributed by atoms with Crippen LogP contribution in [0, 0.1) is 11.6 Å². The van der Waals surface area contributed by atoms with Crippen LogP contribution in [-0.4, -0.2) is 21.3 Å². The maximum absolute atomic E-state index is 13.4. The van der Waals surface area contributed by atoms with Crippen LogP contribution in [-0.2, 0) is 0 Å². The first kappa shape index (κ1) is 21.5. The molecule has 0 fully saturated rings. The first-order valence-corrected chi connectivity index (χ1v) is 9.55. The topological polar surface area (TPSA) is 60.7 Å². The average Bonchev–Trinajstić information content (AvgIpc) is 2.62. The van der Waals surface area contributed by atoms with Crippen LogP contribution in [0.5, 0.6) is 0 Å². The third-order valence-electron chi connectivity index (χ3n) is 4.88. The van der Waals surface area contributed by atoms with Crippen molar-refractivity contribution < 1.29 is 24.1 Å². The van der Waals surface area contributed by atoms with Crippen LogP contribution in [0.15, 0.2) is 42.5 Å². The molecular formula is C22H28F2O3. The number of hydrogen-bond donors (Lipinski definition) is 3. The minimum absolute atomic E-state index is 0.445. The van der Waals surface area contributed by atoms with Crippen LogP contribution in [0.3, 0.4) is 0 Å². The summed E-state index contributed by atoms with van der Waals surface area (Å²) in [5, 5.41) is 29.2. The second kappa shape index (κ2) is 9.93. The number of hydrogen-bond acceptors (Lipinski definition) is 3. The van der Waals surface area contributed by atoms with Crippen molar-refractivity contribution in [1.29, 1.82) is 0 Å². The van der Waals surface area contributed by atoms with Gasteiger partial charge in [-0.25, -0.2) is 8.78 Å². The molecule has 0 aromatic heterocycles. The quantitative estimate of drug-likeness (QED) is 0.398. The molecule has 0 aliphatic rings. The van der Waals surface area contributed by atoms with E-state index in [0.717, 1.165) is 37.8 Å². The zero-order chi connectivity index (χ0) is 19.9. The summed E-state index contributed by atoms with van der Waals surface area (Å²) in [6.07, 6.45) is 6.80. The predicted molar refractivity (Wildman–Crippen MR) is 102 cm³/mol. The maximum atomic E-state index is 13.4. The van der Waals surface area contributed by atoms with Crippen LogP contribution in [0.25, 0.3) is 11.1 Å². The van der Waals surface area contributed by atoms with Crippen molar-refractivity contribution in [2.24, 2.45) is 0 Å². The van der Waals surface area contributed by atoms with Gasteiger partial charge in [0.15, 0.2) is 11.6 Å². The van der Waals surface area contributed by atoms with E-state index in [0.29, 0.717) is 23.1 Å². The van der Waals surface area contributed by atoms with Gasteiger partial charge in [-0.1, -0.05) is 75.8 Å². The van der Waals surface area contributed by atoms with Crippen molar-refractivity contribution in [3.8, 4) is 11.1 Å². The SMILES string of the molecule is CCCCCCCCC(c1ccc(-c2ccc(F)c(F)c2)cc1)C(O)(O)O. The lowest BCUT2D eigenvalue weighted by atomic mass is 9.89. The van der Waals surface area contributed by atoms with Gasteiger partial charge in [-0.3, -0.25) is 0 Å². The van der Waals surface area contributed by atoms with Gasteiger partial charge in [0.1, 0.15) is 0 Å². The summed E-state index contributed by atoms with van der Waals surface area (Å²) in [7, 11) is 0. The van der Waals surface area contributed by atoms with Crippen LogP contribution in [0.4, 0.5) is 8.78 Å². The molecule has 1 unspecified atom stereocenters. The zero-order valence-electron chi connectivity index (χ0n) is 15.7. The average molecular weight is 378 g/mol. The Morgan fingerprint density at radius 3 is 1.96 bits per heavy atom. The Morgan fingerprint density at radius 2 is 1.37 bits per heavy atom. The van der Waals surface area contributed by atoms with Gasteiger partial charge in [-0.15, -0.1) is 0 Å². The van der Waals surface area contributed by atoms with Gasteiger partial charge in [-0.05, 0) is 35.2 Å². The van der Waals surface area contributed by atoms with Crippen LogP contribution in [0.1, 0.15) is 63.4 Å². The van der Waals surface area contributed by atoms with E-state index in [9.17, 15) is 24.1 Å². The van der Waals surface area contributed by atoms with Gasteiger partial charge in [-0.2, -0.15) is 0 Å². The lowest BCUT2D eigenvalue weighted by Crippen LogP contribution is -2.35. The first-order chi connectivity index (χ1) is 12.8. The van der Waals surface area contributed by atoms with E-state index >= 15 is 0 Å². The fraction of sp³-hybridized carbons (Fsp3) is 0.455. The highest BCUT2D eigenvalue weighted by atomic mass is 19.2. The van der Waals surface area contributed by atoms with Gasteiger partial charge in [0.25, 0.3) is 5.97 Å². The van der Waals surface area contributed by atoms with Gasteiger partial charge < -0.3 is 15.3 Å². The van der Waals surface area contributed by atoms with Crippen LogP contribution >= 0.6 is 0 Å². The summed E-state index contributed by atoms with van der Waals surface area (Å²) >= 11 is 0. The normalized spacial score (nSPS) is 13.0. The van der Waals surface area contributed by atoms with Crippen molar-refractivity contribution in [2.75, 3.05) is 0 Å². The second-order valence-corrected chi connectivity index (χ2v) is 7.05. The van der Waals surface area contributed by atoms with Gasteiger partial charge >= 0.3 is 0 Å². The van der Waals surface area contributed by atoms with Crippen LogP contribution < -0.4 is 0 Å². The van der Waals surface area contributed by atoms with E-state index in [1.54, 1.807) is 24.3 Å². The number of benzene rings is 2. The Morgan fingerprint density at radius 1 is 0.778 bits per heavy atom. The summed E-state index contributed by atoms with van der Waals surface area (Å²) in [5.74, 6) is -5.45. The highest BCUT2D eigenvalue weighted by Gasteiger charge is 2.33. The van der Waals surface area contributed by atoms with E-state index in [2.05, 4.69) is 6.92 Å². The van der Waals surface area contributed by atoms with Crippen molar-refractivity contribution in [2.45, 2.75) is 63.8 Å². The smallest absolute Gasteiger partial charge is 0.282 e. The molecule has 0 bridgehead atoms. The summed E-state index contributed by atoms with van der Waals surface area (Å²) < 4.78 is 26.5. The Balaban J connectivity index is 2.06. The highest BCUT2D eigenvalue weighted by molar-refractivity contribution is 5.63. The second-order valence-electron chi connectivity index (χ2n) is 7.05. The minimum atomic E-state index is -2.80. The Labute approximate surface area is 159 Å².